The van der Waals surface area contributed by atoms with Crippen LogP contribution >= 0.6 is 0 Å². The van der Waals surface area contributed by atoms with E-state index in [9.17, 15) is 10.2 Å². The number of aliphatic imine (C=N–C) groups is 1. The molecule has 0 aliphatic carbocycles. The van der Waals surface area contributed by atoms with Crippen molar-refractivity contribution in [3.05, 3.63) is 66.4 Å². The summed E-state index contributed by atoms with van der Waals surface area (Å²) in [6.07, 6.45) is 3.53. The molecule has 0 atom stereocenters. The van der Waals surface area contributed by atoms with Gasteiger partial charge in [0.2, 0.25) is 0 Å². The molecule has 0 fully saturated rings. The van der Waals surface area contributed by atoms with Crippen molar-refractivity contribution < 1.29 is 19.7 Å². The molecule has 2 aromatic heterocycles. The summed E-state index contributed by atoms with van der Waals surface area (Å²) >= 11 is 0. The van der Waals surface area contributed by atoms with Crippen molar-refractivity contribution in [2.24, 2.45) is 4.99 Å². The lowest BCUT2D eigenvalue weighted by Gasteiger charge is -2.06. The highest BCUT2D eigenvalue weighted by molar-refractivity contribution is 5.86. The van der Waals surface area contributed by atoms with E-state index in [4.69, 9.17) is 9.47 Å². The Morgan fingerprint density at radius 2 is 1.76 bits per heavy atom. The molecule has 0 aliphatic heterocycles. The summed E-state index contributed by atoms with van der Waals surface area (Å²) in [4.78, 5) is 9.32. The van der Waals surface area contributed by atoms with Crippen molar-refractivity contribution in [3.63, 3.8) is 0 Å². The minimum atomic E-state index is 0.0399. The highest BCUT2D eigenvalue weighted by Gasteiger charge is 2.15. The fourth-order valence-electron chi connectivity index (χ4n) is 3.05. The maximum absolute atomic E-state index is 9.99. The van der Waals surface area contributed by atoms with Crippen LogP contribution < -0.4 is 9.47 Å². The summed E-state index contributed by atoms with van der Waals surface area (Å²) in [5, 5.41) is 19.9. The summed E-state index contributed by atoms with van der Waals surface area (Å²) in [6.45, 7) is 0. The molecule has 2 aromatic carbocycles. The lowest BCUT2D eigenvalue weighted by atomic mass is 10.1. The molecule has 29 heavy (non-hydrogen) atoms. The second-order valence-electron chi connectivity index (χ2n) is 6.29. The third kappa shape index (κ3) is 3.45. The number of hydrogen-bond acceptors (Lipinski definition) is 6. The molecule has 146 valence electrons. The van der Waals surface area contributed by atoms with Crippen LogP contribution in [0.5, 0.6) is 23.0 Å². The first kappa shape index (κ1) is 18.4. The number of phenolic OH excluding ortho intramolecular Hbond substituents is 2. The van der Waals surface area contributed by atoms with Crippen molar-refractivity contribution in [3.8, 4) is 34.3 Å². The predicted molar refractivity (Wildman–Crippen MR) is 111 cm³/mol. The highest BCUT2D eigenvalue weighted by atomic mass is 16.5. The van der Waals surface area contributed by atoms with Gasteiger partial charge in [0.1, 0.15) is 11.3 Å². The Labute approximate surface area is 167 Å². The number of aromatic nitrogens is 2. The van der Waals surface area contributed by atoms with Gasteiger partial charge < -0.3 is 19.7 Å². The van der Waals surface area contributed by atoms with Crippen LogP contribution in [-0.2, 0) is 0 Å². The van der Waals surface area contributed by atoms with E-state index in [2.05, 4.69) is 9.98 Å². The molecule has 7 heteroatoms. The minimum absolute atomic E-state index is 0.0399. The van der Waals surface area contributed by atoms with Crippen LogP contribution in [0.15, 0.2) is 65.8 Å². The standard InChI is InChI=1S/C22H19N3O4/c1-28-18-9-6-14(11-17(18)27)13-23-22-21(24-20-5-3-4-10-25(20)22)15-7-8-16(26)19(12-15)29-2/h3-13,26-27H,1-2H3/b23-13+. The van der Waals surface area contributed by atoms with Crippen molar-refractivity contribution >= 4 is 17.7 Å². The van der Waals surface area contributed by atoms with Crippen LogP contribution in [0.1, 0.15) is 5.56 Å². The number of ether oxygens (including phenoxy) is 2. The van der Waals surface area contributed by atoms with Gasteiger partial charge in [-0.25, -0.2) is 9.98 Å². The van der Waals surface area contributed by atoms with Crippen LogP contribution in [0, 0.1) is 0 Å². The third-order valence-electron chi connectivity index (χ3n) is 4.50. The van der Waals surface area contributed by atoms with Gasteiger partial charge >= 0.3 is 0 Å². The average Bonchev–Trinajstić information content (AvgIpc) is 3.11. The summed E-state index contributed by atoms with van der Waals surface area (Å²) < 4.78 is 12.2. The zero-order valence-electron chi connectivity index (χ0n) is 15.9. The molecular formula is C22H19N3O4. The van der Waals surface area contributed by atoms with Gasteiger partial charge in [-0.2, -0.15) is 0 Å². The molecule has 0 spiro atoms. The van der Waals surface area contributed by atoms with Gasteiger partial charge in [0.25, 0.3) is 0 Å². The van der Waals surface area contributed by atoms with Crippen LogP contribution in [0.3, 0.4) is 0 Å². The van der Waals surface area contributed by atoms with E-state index in [0.717, 1.165) is 11.2 Å². The van der Waals surface area contributed by atoms with Gasteiger partial charge in [-0.1, -0.05) is 6.07 Å². The van der Waals surface area contributed by atoms with E-state index in [0.29, 0.717) is 28.6 Å². The summed E-state index contributed by atoms with van der Waals surface area (Å²) in [5.41, 5.74) is 2.85. The second-order valence-corrected chi connectivity index (χ2v) is 6.29. The molecule has 0 aliphatic rings. The number of hydrogen-bond donors (Lipinski definition) is 2. The number of fused-ring (bicyclic) bond motifs is 1. The largest absolute Gasteiger partial charge is 0.504 e. The van der Waals surface area contributed by atoms with Crippen molar-refractivity contribution in [1.29, 1.82) is 0 Å². The van der Waals surface area contributed by atoms with E-state index in [1.165, 1.54) is 14.2 Å². The summed E-state index contributed by atoms with van der Waals surface area (Å²) in [7, 11) is 3.00. The topological polar surface area (TPSA) is 88.6 Å². The average molecular weight is 389 g/mol. The first-order valence-corrected chi connectivity index (χ1v) is 8.86. The summed E-state index contributed by atoms with van der Waals surface area (Å²) in [6, 6.07) is 15.8. The number of rotatable bonds is 5. The first-order chi connectivity index (χ1) is 14.1. The number of phenols is 2. The van der Waals surface area contributed by atoms with E-state index in [-0.39, 0.29) is 11.5 Å². The van der Waals surface area contributed by atoms with E-state index >= 15 is 0 Å². The summed E-state index contributed by atoms with van der Waals surface area (Å²) in [5.74, 6) is 1.46. The van der Waals surface area contributed by atoms with E-state index in [1.807, 2.05) is 28.8 Å². The zero-order chi connectivity index (χ0) is 20.4. The SMILES string of the molecule is COc1ccc(/C=N/c2c(-c3ccc(O)c(OC)c3)nc3ccccn23)cc1O. The Bertz CT molecular complexity index is 1210. The molecular weight excluding hydrogens is 370 g/mol. The quantitative estimate of drug-likeness (QED) is 0.500. The minimum Gasteiger partial charge on any atom is -0.504 e. The Hall–Kier alpha value is -4.00. The van der Waals surface area contributed by atoms with Gasteiger partial charge in [-0.05, 0) is 54.1 Å². The molecule has 2 heterocycles. The third-order valence-corrected chi connectivity index (χ3v) is 4.50. The predicted octanol–water partition coefficient (Wildman–Crippen LogP) is 4.18. The Kier molecular flexibility index (Phi) is 4.78. The molecule has 0 saturated heterocycles. The number of nitrogens with zero attached hydrogens (tertiary/aromatic N) is 3. The van der Waals surface area contributed by atoms with Gasteiger partial charge in [0, 0.05) is 18.0 Å². The molecule has 0 amide bonds. The van der Waals surface area contributed by atoms with Crippen LogP contribution in [0.4, 0.5) is 5.82 Å². The molecule has 0 bridgehead atoms. The van der Waals surface area contributed by atoms with Crippen molar-refractivity contribution in [2.45, 2.75) is 0 Å². The fourth-order valence-corrected chi connectivity index (χ4v) is 3.05. The number of methoxy groups -OCH3 is 2. The zero-order valence-corrected chi connectivity index (χ0v) is 15.9. The van der Waals surface area contributed by atoms with Gasteiger partial charge in [-0.3, -0.25) is 4.40 Å². The first-order valence-electron chi connectivity index (χ1n) is 8.86. The maximum atomic E-state index is 9.99. The molecule has 0 unspecified atom stereocenters. The van der Waals surface area contributed by atoms with Gasteiger partial charge in [0.15, 0.2) is 28.8 Å². The normalized spacial score (nSPS) is 11.2. The Morgan fingerprint density at radius 3 is 2.52 bits per heavy atom. The number of aromatic hydroxyl groups is 2. The Morgan fingerprint density at radius 1 is 0.931 bits per heavy atom. The lowest BCUT2D eigenvalue weighted by Crippen LogP contribution is -1.88. The smallest absolute Gasteiger partial charge is 0.165 e. The number of pyridine rings is 1. The lowest BCUT2D eigenvalue weighted by molar-refractivity contribution is 0.373. The molecule has 0 radical (unpaired) electrons. The molecule has 7 nitrogen and oxygen atoms in total. The second kappa shape index (κ2) is 7.55. The van der Waals surface area contributed by atoms with Gasteiger partial charge in [-0.15, -0.1) is 0 Å². The molecule has 0 saturated carbocycles. The maximum Gasteiger partial charge on any atom is 0.165 e. The van der Waals surface area contributed by atoms with Crippen LogP contribution in [-0.4, -0.2) is 40.0 Å². The highest BCUT2D eigenvalue weighted by Crippen LogP contribution is 2.36. The monoisotopic (exact) mass is 389 g/mol. The van der Waals surface area contributed by atoms with Gasteiger partial charge in [0.05, 0.1) is 14.2 Å². The number of benzene rings is 2. The van der Waals surface area contributed by atoms with Crippen LogP contribution in [0.2, 0.25) is 0 Å². The van der Waals surface area contributed by atoms with E-state index in [1.54, 1.807) is 42.6 Å². The molecule has 4 rings (SSSR count). The molecule has 4 aromatic rings. The van der Waals surface area contributed by atoms with Crippen molar-refractivity contribution in [1.82, 2.24) is 9.38 Å². The van der Waals surface area contributed by atoms with Crippen LogP contribution in [0.25, 0.3) is 16.9 Å². The van der Waals surface area contributed by atoms with Crippen molar-refractivity contribution in [2.75, 3.05) is 14.2 Å². The number of imidazole rings is 1. The molecule has 2 N–H and O–H groups in total. The van der Waals surface area contributed by atoms with E-state index < -0.39 is 0 Å². The Balaban J connectivity index is 1.83. The fraction of sp³-hybridized carbons (Fsp3) is 0.0909.